The van der Waals surface area contributed by atoms with Crippen LogP contribution >= 0.6 is 15.9 Å². The van der Waals surface area contributed by atoms with Crippen LogP contribution in [0.15, 0.2) is 16.6 Å². The van der Waals surface area contributed by atoms with Gasteiger partial charge >= 0.3 is 0 Å². The standard InChI is InChI=1S/C14H18BrNO2/c1-4-5-6-7-16-10-11-8-13(17-2)14(18-3)9-12(11)15/h8-9,16H,6-7,10H2,1-3H3. The van der Waals surface area contributed by atoms with E-state index in [1.54, 1.807) is 14.2 Å². The number of nitrogens with one attached hydrogen (secondary N) is 1. The van der Waals surface area contributed by atoms with E-state index in [2.05, 4.69) is 33.1 Å². The van der Waals surface area contributed by atoms with Crippen LogP contribution in [-0.2, 0) is 6.54 Å². The Morgan fingerprint density at radius 2 is 1.89 bits per heavy atom. The van der Waals surface area contributed by atoms with Gasteiger partial charge in [-0.2, -0.15) is 0 Å². The lowest BCUT2D eigenvalue weighted by atomic mass is 10.2. The van der Waals surface area contributed by atoms with Gasteiger partial charge in [0.05, 0.1) is 14.2 Å². The van der Waals surface area contributed by atoms with E-state index in [0.717, 1.165) is 41.0 Å². The van der Waals surface area contributed by atoms with Crippen LogP contribution in [0.3, 0.4) is 0 Å². The van der Waals surface area contributed by atoms with Crippen LogP contribution in [0.1, 0.15) is 18.9 Å². The van der Waals surface area contributed by atoms with E-state index in [-0.39, 0.29) is 0 Å². The zero-order valence-corrected chi connectivity index (χ0v) is 12.6. The van der Waals surface area contributed by atoms with Gasteiger partial charge in [0.1, 0.15) is 0 Å². The fraction of sp³-hybridized carbons (Fsp3) is 0.429. The third-order valence-corrected chi connectivity index (χ3v) is 3.21. The predicted octanol–water partition coefficient (Wildman–Crippen LogP) is 2.97. The van der Waals surface area contributed by atoms with Crippen LogP contribution in [0.5, 0.6) is 11.5 Å². The summed E-state index contributed by atoms with van der Waals surface area (Å²) in [5.41, 5.74) is 1.14. The lowest BCUT2D eigenvalue weighted by Crippen LogP contribution is -2.14. The summed E-state index contributed by atoms with van der Waals surface area (Å²) in [7, 11) is 3.27. The van der Waals surface area contributed by atoms with Crippen molar-refractivity contribution >= 4 is 15.9 Å². The highest BCUT2D eigenvalue weighted by molar-refractivity contribution is 9.10. The Kier molecular flexibility index (Phi) is 6.63. The molecule has 18 heavy (non-hydrogen) atoms. The van der Waals surface area contributed by atoms with Crippen LogP contribution in [0.2, 0.25) is 0 Å². The molecule has 0 aliphatic rings. The highest BCUT2D eigenvalue weighted by Crippen LogP contribution is 2.33. The fourth-order valence-electron chi connectivity index (χ4n) is 1.53. The van der Waals surface area contributed by atoms with E-state index in [1.807, 2.05) is 19.1 Å². The maximum absolute atomic E-state index is 5.28. The smallest absolute Gasteiger partial charge is 0.161 e. The number of benzene rings is 1. The first-order chi connectivity index (χ1) is 8.72. The molecule has 1 aromatic carbocycles. The van der Waals surface area contributed by atoms with Crippen LogP contribution in [-0.4, -0.2) is 20.8 Å². The van der Waals surface area contributed by atoms with Crippen molar-refractivity contribution in [3.63, 3.8) is 0 Å². The van der Waals surface area contributed by atoms with Gasteiger partial charge < -0.3 is 14.8 Å². The largest absolute Gasteiger partial charge is 0.493 e. The summed E-state index contributed by atoms with van der Waals surface area (Å²) >= 11 is 3.53. The van der Waals surface area contributed by atoms with Crippen LogP contribution in [0.25, 0.3) is 0 Å². The van der Waals surface area contributed by atoms with Crippen molar-refractivity contribution in [2.45, 2.75) is 19.9 Å². The molecule has 98 valence electrons. The van der Waals surface area contributed by atoms with E-state index in [9.17, 15) is 0 Å². The van der Waals surface area contributed by atoms with Gasteiger partial charge in [0.15, 0.2) is 11.5 Å². The number of methoxy groups -OCH3 is 2. The van der Waals surface area contributed by atoms with E-state index >= 15 is 0 Å². The summed E-state index contributed by atoms with van der Waals surface area (Å²) in [5, 5.41) is 3.34. The molecule has 1 rings (SSSR count). The van der Waals surface area contributed by atoms with Crippen molar-refractivity contribution in [1.29, 1.82) is 0 Å². The van der Waals surface area contributed by atoms with E-state index in [1.165, 1.54) is 0 Å². The summed E-state index contributed by atoms with van der Waals surface area (Å²) in [6.07, 6.45) is 0.863. The van der Waals surface area contributed by atoms with Crippen molar-refractivity contribution in [2.24, 2.45) is 0 Å². The van der Waals surface area contributed by atoms with Gasteiger partial charge in [-0.05, 0) is 24.6 Å². The topological polar surface area (TPSA) is 30.5 Å². The Balaban J connectivity index is 2.67. The minimum Gasteiger partial charge on any atom is -0.493 e. The van der Waals surface area contributed by atoms with Crippen LogP contribution in [0, 0.1) is 11.8 Å². The molecule has 0 aromatic heterocycles. The van der Waals surface area contributed by atoms with E-state index < -0.39 is 0 Å². The first-order valence-corrected chi connectivity index (χ1v) is 6.53. The summed E-state index contributed by atoms with van der Waals surface area (Å²) in [6.45, 7) is 3.50. The minimum absolute atomic E-state index is 0.727. The molecule has 0 amide bonds. The highest BCUT2D eigenvalue weighted by atomic mass is 79.9. The SMILES string of the molecule is CC#CCCNCc1cc(OC)c(OC)cc1Br. The zero-order chi connectivity index (χ0) is 13.4. The van der Waals surface area contributed by atoms with Crippen molar-refractivity contribution in [3.8, 4) is 23.3 Å². The molecule has 0 aliphatic heterocycles. The first-order valence-electron chi connectivity index (χ1n) is 5.73. The molecule has 0 aliphatic carbocycles. The Labute approximate surface area is 117 Å². The van der Waals surface area contributed by atoms with E-state index in [4.69, 9.17) is 9.47 Å². The van der Waals surface area contributed by atoms with Crippen LogP contribution < -0.4 is 14.8 Å². The van der Waals surface area contributed by atoms with Crippen molar-refractivity contribution in [2.75, 3.05) is 20.8 Å². The van der Waals surface area contributed by atoms with E-state index in [0.29, 0.717) is 0 Å². The molecule has 1 N–H and O–H groups in total. The van der Waals surface area contributed by atoms with Crippen molar-refractivity contribution < 1.29 is 9.47 Å². The highest BCUT2D eigenvalue weighted by Gasteiger charge is 2.08. The Morgan fingerprint density at radius 3 is 2.50 bits per heavy atom. The number of ether oxygens (including phenoxy) is 2. The second-order valence-electron chi connectivity index (χ2n) is 3.65. The lowest BCUT2D eigenvalue weighted by molar-refractivity contribution is 0.354. The van der Waals surface area contributed by atoms with Gasteiger partial charge in [0, 0.05) is 24.0 Å². The number of rotatable bonds is 6. The third kappa shape index (κ3) is 4.25. The van der Waals surface area contributed by atoms with Crippen LogP contribution in [0.4, 0.5) is 0 Å². The molecule has 0 saturated heterocycles. The Morgan fingerprint density at radius 1 is 1.22 bits per heavy atom. The molecule has 0 heterocycles. The Bertz CT molecular complexity index is 449. The second-order valence-corrected chi connectivity index (χ2v) is 4.51. The first kappa shape index (κ1) is 14.9. The molecular formula is C14H18BrNO2. The summed E-state index contributed by atoms with van der Waals surface area (Å²) in [6, 6.07) is 3.89. The fourth-order valence-corrected chi connectivity index (χ4v) is 1.99. The summed E-state index contributed by atoms with van der Waals surface area (Å²) in [5.74, 6) is 7.36. The normalized spacial score (nSPS) is 9.56. The maximum atomic E-state index is 5.28. The summed E-state index contributed by atoms with van der Waals surface area (Å²) in [4.78, 5) is 0. The second kappa shape index (κ2) is 8.02. The summed E-state index contributed by atoms with van der Waals surface area (Å²) < 4.78 is 11.5. The lowest BCUT2D eigenvalue weighted by Gasteiger charge is -2.12. The molecule has 0 bridgehead atoms. The van der Waals surface area contributed by atoms with Gasteiger partial charge in [0.2, 0.25) is 0 Å². The average molecular weight is 312 g/mol. The average Bonchev–Trinajstić information content (AvgIpc) is 2.39. The minimum atomic E-state index is 0.727. The van der Waals surface area contributed by atoms with Gasteiger partial charge in [-0.25, -0.2) is 0 Å². The van der Waals surface area contributed by atoms with Crippen molar-refractivity contribution in [1.82, 2.24) is 5.32 Å². The number of halogens is 1. The molecular weight excluding hydrogens is 294 g/mol. The third-order valence-electron chi connectivity index (χ3n) is 2.47. The Hall–Kier alpha value is -1.18. The molecule has 1 aromatic rings. The van der Waals surface area contributed by atoms with Gasteiger partial charge in [0.25, 0.3) is 0 Å². The molecule has 0 fully saturated rings. The molecule has 0 spiro atoms. The monoisotopic (exact) mass is 311 g/mol. The molecule has 0 unspecified atom stereocenters. The van der Waals surface area contributed by atoms with Crippen molar-refractivity contribution in [3.05, 3.63) is 22.2 Å². The molecule has 0 radical (unpaired) electrons. The number of hydrogen-bond donors (Lipinski definition) is 1. The predicted molar refractivity (Wildman–Crippen MR) is 77.0 cm³/mol. The van der Waals surface area contributed by atoms with Gasteiger partial charge in [-0.3, -0.25) is 0 Å². The molecule has 0 atom stereocenters. The zero-order valence-electron chi connectivity index (χ0n) is 11.0. The van der Waals surface area contributed by atoms with Gasteiger partial charge in [-0.1, -0.05) is 15.9 Å². The molecule has 0 saturated carbocycles. The maximum Gasteiger partial charge on any atom is 0.161 e. The quantitative estimate of drug-likeness (QED) is 0.647. The molecule has 3 nitrogen and oxygen atoms in total. The molecule has 4 heteroatoms. The number of hydrogen-bond acceptors (Lipinski definition) is 3. The van der Waals surface area contributed by atoms with Gasteiger partial charge in [-0.15, -0.1) is 11.8 Å².